The number of carbonyl (C=O) groups excluding carboxylic acids is 2. The molecule has 0 amide bonds. The van der Waals surface area contributed by atoms with Crippen LogP contribution in [0.4, 0.5) is 0 Å². The highest BCUT2D eigenvalue weighted by Crippen LogP contribution is 2.70. The molecular formula is C35H52O14. The van der Waals surface area contributed by atoms with Crippen molar-refractivity contribution in [1.29, 1.82) is 0 Å². The van der Waals surface area contributed by atoms with E-state index in [0.29, 0.717) is 44.9 Å². The second kappa shape index (κ2) is 13.1. The molecule has 0 bridgehead atoms. The number of hydrogen-bond donors (Lipinski definition) is 7. The topological polar surface area (TPSA) is 222 Å². The molecule has 14 heteroatoms. The maximum atomic E-state index is 13.2. The van der Waals surface area contributed by atoms with Crippen LogP contribution in [0.25, 0.3) is 0 Å². The van der Waals surface area contributed by atoms with Crippen LogP contribution in [0.5, 0.6) is 0 Å². The molecule has 2 saturated heterocycles. The number of fused-ring (bicyclic) bond motifs is 5. The molecule has 7 N–H and O–H groups in total. The summed E-state index contributed by atoms with van der Waals surface area (Å²) >= 11 is 0. The van der Waals surface area contributed by atoms with Crippen molar-refractivity contribution < 1.29 is 69.0 Å². The molecule has 0 aromatic rings. The standard InChI is InChI=1S/C35H52O14/c1-32-6-3-21-22(35(32,44)9-5-20(32)18-10-27(41)45-16-18)4-8-34(43)13-19(2-7-33(21,34)17-38)46-28-12-24(40)31(26(15-37)48-28)49-29-11-23(39)30(42)25(14-36)47-29/h10,17,19-26,28-31,36-37,39-40,42-44H,2-9,11-16H2,1H3. The van der Waals surface area contributed by atoms with E-state index < -0.39 is 90.6 Å². The summed E-state index contributed by atoms with van der Waals surface area (Å²) in [6.45, 7) is 1.31. The number of cyclic esters (lactones) is 1. The van der Waals surface area contributed by atoms with Gasteiger partial charge in [-0.1, -0.05) is 6.92 Å². The van der Waals surface area contributed by atoms with Crippen molar-refractivity contribution in [3.8, 4) is 0 Å². The Balaban J connectivity index is 1.01. The van der Waals surface area contributed by atoms with Crippen LogP contribution < -0.4 is 0 Å². The number of aliphatic hydroxyl groups excluding tert-OH is 5. The number of aliphatic hydroxyl groups is 7. The monoisotopic (exact) mass is 696 g/mol. The Morgan fingerprint density at radius 2 is 1.57 bits per heavy atom. The van der Waals surface area contributed by atoms with E-state index in [1.165, 1.54) is 0 Å². The van der Waals surface area contributed by atoms with Crippen molar-refractivity contribution in [1.82, 2.24) is 0 Å². The van der Waals surface area contributed by atoms with E-state index in [9.17, 15) is 45.3 Å². The van der Waals surface area contributed by atoms with Crippen molar-refractivity contribution in [2.24, 2.45) is 28.6 Å². The lowest BCUT2D eigenvalue weighted by atomic mass is 9.41. The summed E-state index contributed by atoms with van der Waals surface area (Å²) in [6.07, 6.45) is -2.37. The number of ether oxygens (including phenoxy) is 5. The zero-order valence-corrected chi connectivity index (χ0v) is 28.0. The van der Waals surface area contributed by atoms with Crippen LogP contribution in [-0.2, 0) is 33.3 Å². The highest BCUT2D eigenvalue weighted by Gasteiger charge is 2.71. The van der Waals surface area contributed by atoms with Crippen molar-refractivity contribution in [3.05, 3.63) is 11.6 Å². The van der Waals surface area contributed by atoms with Gasteiger partial charge in [0, 0.05) is 30.8 Å². The second-order valence-electron chi connectivity index (χ2n) is 16.0. The molecule has 4 aliphatic carbocycles. The molecule has 7 rings (SSSR count). The van der Waals surface area contributed by atoms with Crippen LogP contribution in [0.3, 0.4) is 0 Å². The Morgan fingerprint density at radius 3 is 2.27 bits per heavy atom. The minimum absolute atomic E-state index is 0.0131. The fourth-order valence-corrected chi connectivity index (χ4v) is 11.3. The van der Waals surface area contributed by atoms with Crippen molar-refractivity contribution in [2.75, 3.05) is 19.8 Å². The Kier molecular flexibility index (Phi) is 9.60. The summed E-state index contributed by atoms with van der Waals surface area (Å²) in [5, 5.41) is 75.6. The van der Waals surface area contributed by atoms with Gasteiger partial charge in [-0.15, -0.1) is 0 Å². The molecule has 49 heavy (non-hydrogen) atoms. The molecule has 14 nitrogen and oxygen atoms in total. The molecule has 0 aromatic carbocycles. The average molecular weight is 697 g/mol. The lowest BCUT2D eigenvalue weighted by molar-refractivity contribution is -0.329. The molecule has 0 aromatic heterocycles. The first-order valence-electron chi connectivity index (χ1n) is 18.0. The first-order valence-corrected chi connectivity index (χ1v) is 18.0. The fraction of sp³-hybridized carbons (Fsp3) is 0.886. The van der Waals surface area contributed by atoms with Crippen LogP contribution in [0.2, 0.25) is 0 Å². The fourth-order valence-electron chi connectivity index (χ4n) is 11.3. The molecule has 0 radical (unpaired) electrons. The van der Waals surface area contributed by atoms with Gasteiger partial charge in [-0.2, -0.15) is 0 Å². The molecule has 276 valence electrons. The third-order valence-electron chi connectivity index (χ3n) is 13.9. The van der Waals surface area contributed by atoms with Gasteiger partial charge in [0.25, 0.3) is 0 Å². The van der Waals surface area contributed by atoms with E-state index in [1.807, 2.05) is 0 Å². The third kappa shape index (κ3) is 5.65. The Hall–Kier alpha value is -1.56. The number of rotatable bonds is 8. The van der Waals surface area contributed by atoms with Gasteiger partial charge in [-0.3, -0.25) is 0 Å². The second-order valence-corrected chi connectivity index (χ2v) is 16.0. The van der Waals surface area contributed by atoms with Gasteiger partial charge in [-0.25, -0.2) is 4.79 Å². The van der Waals surface area contributed by atoms with E-state index in [0.717, 1.165) is 18.3 Å². The van der Waals surface area contributed by atoms with Gasteiger partial charge in [0.1, 0.15) is 37.3 Å². The summed E-state index contributed by atoms with van der Waals surface area (Å²) in [6, 6.07) is 0. The number of aldehydes is 1. The maximum Gasteiger partial charge on any atom is 0.331 e. The minimum atomic E-state index is -1.36. The van der Waals surface area contributed by atoms with Gasteiger partial charge in [-0.05, 0) is 74.7 Å². The molecule has 4 saturated carbocycles. The van der Waals surface area contributed by atoms with E-state index >= 15 is 0 Å². The number of esters is 1. The molecule has 3 aliphatic heterocycles. The van der Waals surface area contributed by atoms with Crippen molar-refractivity contribution in [3.63, 3.8) is 0 Å². The van der Waals surface area contributed by atoms with Gasteiger partial charge >= 0.3 is 5.97 Å². The van der Waals surface area contributed by atoms with Gasteiger partial charge in [0.05, 0.1) is 48.1 Å². The average Bonchev–Trinajstić information content (AvgIpc) is 3.62. The first kappa shape index (κ1) is 35.8. The summed E-state index contributed by atoms with van der Waals surface area (Å²) in [7, 11) is 0. The molecule has 7 aliphatic rings. The Morgan fingerprint density at radius 1 is 0.878 bits per heavy atom. The smallest absolute Gasteiger partial charge is 0.331 e. The summed E-state index contributed by atoms with van der Waals surface area (Å²) in [5.74, 6) is -0.714. The lowest BCUT2D eigenvalue weighted by Gasteiger charge is -2.65. The summed E-state index contributed by atoms with van der Waals surface area (Å²) in [4.78, 5) is 25.0. The van der Waals surface area contributed by atoms with Crippen molar-refractivity contribution in [2.45, 2.75) is 144 Å². The van der Waals surface area contributed by atoms with Gasteiger partial charge < -0.3 is 64.2 Å². The summed E-state index contributed by atoms with van der Waals surface area (Å²) < 4.78 is 28.9. The first-order chi connectivity index (χ1) is 23.3. The number of carbonyl (C=O) groups is 2. The van der Waals surface area contributed by atoms with E-state index in [-0.39, 0.29) is 49.6 Å². The highest BCUT2D eigenvalue weighted by molar-refractivity contribution is 5.85. The zero-order valence-electron chi connectivity index (χ0n) is 28.0. The molecule has 0 spiro atoms. The molecule has 3 heterocycles. The molecule has 16 unspecified atom stereocenters. The van der Waals surface area contributed by atoms with Crippen molar-refractivity contribution >= 4 is 12.3 Å². The molecule has 6 fully saturated rings. The quantitative estimate of drug-likeness (QED) is 0.0976. The highest BCUT2D eigenvalue weighted by atomic mass is 16.7. The van der Waals surface area contributed by atoms with Gasteiger partial charge in [0.15, 0.2) is 12.6 Å². The Labute approximate surface area is 285 Å². The van der Waals surface area contributed by atoms with Crippen LogP contribution >= 0.6 is 0 Å². The predicted molar refractivity (Wildman–Crippen MR) is 166 cm³/mol. The maximum absolute atomic E-state index is 13.2. The normalized spacial score (nSPS) is 52.8. The van der Waals surface area contributed by atoms with E-state index in [4.69, 9.17) is 23.7 Å². The molecular weight excluding hydrogens is 644 g/mol. The van der Waals surface area contributed by atoms with E-state index in [2.05, 4.69) is 6.92 Å². The zero-order chi connectivity index (χ0) is 34.9. The van der Waals surface area contributed by atoms with Crippen LogP contribution in [0.1, 0.15) is 77.6 Å². The third-order valence-corrected chi connectivity index (χ3v) is 13.9. The van der Waals surface area contributed by atoms with Crippen LogP contribution in [-0.4, -0.2) is 134 Å². The predicted octanol–water partition coefficient (Wildman–Crippen LogP) is -0.395. The van der Waals surface area contributed by atoms with Gasteiger partial charge in [0.2, 0.25) is 0 Å². The number of hydrogen-bond acceptors (Lipinski definition) is 14. The largest absolute Gasteiger partial charge is 0.458 e. The molecule has 16 atom stereocenters. The van der Waals surface area contributed by atoms with E-state index in [1.54, 1.807) is 6.08 Å². The summed E-state index contributed by atoms with van der Waals surface area (Å²) in [5.41, 5.74) is -2.99. The minimum Gasteiger partial charge on any atom is -0.458 e. The Bertz CT molecular complexity index is 1290. The lowest BCUT2D eigenvalue weighted by Crippen LogP contribution is -2.69. The van der Waals surface area contributed by atoms with Crippen LogP contribution in [0, 0.1) is 28.6 Å². The van der Waals surface area contributed by atoms with Crippen LogP contribution in [0.15, 0.2) is 11.6 Å². The SMILES string of the molecule is CC12CCC3C(CCC4(O)CC(OC5CC(O)C(OC6CC(O)C(O)C(CO)O6)C(CO)O5)CCC34C=O)C1(O)CCC2C1=CC(=O)OC1.